The monoisotopic (exact) mass is 444 g/mol. The van der Waals surface area contributed by atoms with Gasteiger partial charge in [0.15, 0.2) is 16.7 Å². The van der Waals surface area contributed by atoms with Gasteiger partial charge >= 0.3 is 0 Å². The second kappa shape index (κ2) is 10.0. The van der Waals surface area contributed by atoms with Gasteiger partial charge in [-0.05, 0) is 67.9 Å². The predicted molar refractivity (Wildman–Crippen MR) is 125 cm³/mol. The summed E-state index contributed by atoms with van der Waals surface area (Å²) in [7, 11) is 1.57. The third-order valence-electron chi connectivity index (χ3n) is 4.63. The highest BCUT2D eigenvalue weighted by atomic mass is 35.5. The molecule has 1 atom stereocenters. The van der Waals surface area contributed by atoms with Crippen LogP contribution in [0.4, 0.5) is 5.69 Å². The van der Waals surface area contributed by atoms with Crippen LogP contribution in [-0.4, -0.2) is 35.7 Å². The fraction of sp³-hybridized carbons (Fsp3) is 0.304. The zero-order valence-corrected chi connectivity index (χ0v) is 19.1. The van der Waals surface area contributed by atoms with E-state index >= 15 is 0 Å². The molecule has 1 amide bonds. The van der Waals surface area contributed by atoms with Crippen molar-refractivity contribution in [1.82, 2.24) is 4.90 Å². The van der Waals surface area contributed by atoms with Crippen molar-refractivity contribution in [3.8, 4) is 11.5 Å². The van der Waals surface area contributed by atoms with Gasteiger partial charge in [0, 0.05) is 6.54 Å². The summed E-state index contributed by atoms with van der Waals surface area (Å²) in [4.78, 5) is 19.8. The maximum absolute atomic E-state index is 12.9. The molecule has 0 N–H and O–H groups in total. The normalized spacial score (nSPS) is 17.6. The Morgan fingerprint density at radius 3 is 2.60 bits per heavy atom. The number of carbonyl (C=O) groups excluding carboxylic acids is 1. The van der Waals surface area contributed by atoms with Crippen LogP contribution in [0, 0.1) is 0 Å². The van der Waals surface area contributed by atoms with Gasteiger partial charge in [-0.2, -0.15) is 0 Å². The number of likely N-dealkylation sites (N-methyl/N-ethyl adjacent to an activating group) is 1. The smallest absolute Gasteiger partial charge is 0.266 e. The average molecular weight is 445 g/mol. The van der Waals surface area contributed by atoms with E-state index < -0.39 is 0 Å². The molecule has 2 aromatic carbocycles. The minimum atomic E-state index is -0.0767. The number of ether oxygens (including phenoxy) is 2. The summed E-state index contributed by atoms with van der Waals surface area (Å²) in [6, 6.07) is 13.2. The van der Waals surface area contributed by atoms with Gasteiger partial charge < -0.3 is 9.47 Å². The highest BCUT2D eigenvalue weighted by Crippen LogP contribution is 2.40. The van der Waals surface area contributed by atoms with Crippen LogP contribution < -0.4 is 9.47 Å². The Kier molecular flexibility index (Phi) is 7.45. The van der Waals surface area contributed by atoms with Crippen LogP contribution in [0.15, 0.2) is 52.4 Å². The van der Waals surface area contributed by atoms with Crippen molar-refractivity contribution in [1.29, 1.82) is 0 Å². The summed E-state index contributed by atoms with van der Waals surface area (Å²) in [6.07, 6.45) is 2.68. The molecule has 0 bridgehead atoms. The van der Waals surface area contributed by atoms with Crippen molar-refractivity contribution in [3.05, 3.63) is 58.0 Å². The van der Waals surface area contributed by atoms with Crippen LogP contribution in [0.25, 0.3) is 6.08 Å². The lowest BCUT2D eigenvalue weighted by molar-refractivity contribution is -0.122. The zero-order valence-electron chi connectivity index (χ0n) is 17.5. The van der Waals surface area contributed by atoms with Crippen LogP contribution in [0.2, 0.25) is 5.02 Å². The van der Waals surface area contributed by atoms with E-state index in [1.54, 1.807) is 18.1 Å². The van der Waals surface area contributed by atoms with E-state index in [-0.39, 0.29) is 12.0 Å². The second-order valence-corrected chi connectivity index (χ2v) is 8.18. The van der Waals surface area contributed by atoms with Crippen molar-refractivity contribution in [2.75, 3.05) is 13.7 Å². The molecule has 1 saturated heterocycles. The molecule has 158 valence electrons. The van der Waals surface area contributed by atoms with Crippen molar-refractivity contribution in [3.63, 3.8) is 0 Å². The van der Waals surface area contributed by atoms with Crippen LogP contribution in [-0.2, 0) is 4.79 Å². The van der Waals surface area contributed by atoms with Crippen LogP contribution >= 0.6 is 23.4 Å². The number of thioether (sulfide) groups is 1. The van der Waals surface area contributed by atoms with Gasteiger partial charge in [-0.1, -0.05) is 36.7 Å². The van der Waals surface area contributed by atoms with E-state index in [1.165, 1.54) is 11.8 Å². The maximum Gasteiger partial charge on any atom is 0.266 e. The summed E-state index contributed by atoms with van der Waals surface area (Å²) < 4.78 is 11.4. The molecule has 0 spiro atoms. The molecule has 1 fully saturated rings. The fourth-order valence-corrected chi connectivity index (χ4v) is 4.18. The Morgan fingerprint density at radius 1 is 1.23 bits per heavy atom. The van der Waals surface area contributed by atoms with Gasteiger partial charge in [0.05, 0.1) is 28.8 Å². The summed E-state index contributed by atoms with van der Waals surface area (Å²) in [5, 5.41) is 1.11. The van der Waals surface area contributed by atoms with E-state index in [0.717, 1.165) is 17.7 Å². The van der Waals surface area contributed by atoms with Crippen molar-refractivity contribution >= 4 is 46.2 Å². The van der Waals surface area contributed by atoms with E-state index in [1.807, 2.05) is 63.2 Å². The van der Waals surface area contributed by atoms with Gasteiger partial charge in [0.25, 0.3) is 5.91 Å². The molecule has 2 aromatic rings. The number of aliphatic imine (C=N–C) groups is 1. The minimum absolute atomic E-state index is 0.0161. The standard InChI is InChI=1S/C23H25ClN2O3S/c1-5-15(3)29-21-18(24)12-16(13-19(21)28-4)14-20-22(27)26(6-2)23(30-20)25-17-10-8-7-9-11-17/h7-15H,5-6H2,1-4H3/b20-14-,25-23?. The number of amides is 1. The number of rotatable bonds is 7. The lowest BCUT2D eigenvalue weighted by Gasteiger charge is -2.17. The first-order valence-electron chi connectivity index (χ1n) is 9.86. The minimum Gasteiger partial charge on any atom is -0.493 e. The molecule has 1 aliphatic heterocycles. The van der Waals surface area contributed by atoms with Crippen LogP contribution in [0.1, 0.15) is 32.8 Å². The third-order valence-corrected chi connectivity index (χ3v) is 5.92. The van der Waals surface area contributed by atoms with E-state index in [9.17, 15) is 4.79 Å². The third kappa shape index (κ3) is 4.99. The Labute approximate surface area is 186 Å². The van der Waals surface area contributed by atoms with Crippen LogP contribution in [0.3, 0.4) is 0 Å². The molecule has 0 aromatic heterocycles. The quantitative estimate of drug-likeness (QED) is 0.480. The van der Waals surface area contributed by atoms with E-state index in [4.69, 9.17) is 21.1 Å². The molecule has 1 unspecified atom stereocenters. The van der Waals surface area contributed by atoms with Gasteiger partial charge in [-0.15, -0.1) is 0 Å². The number of carbonyl (C=O) groups is 1. The number of methoxy groups -OCH3 is 1. The second-order valence-electron chi connectivity index (χ2n) is 6.76. The Morgan fingerprint density at radius 2 is 1.97 bits per heavy atom. The number of hydrogen-bond acceptors (Lipinski definition) is 5. The van der Waals surface area contributed by atoms with Crippen molar-refractivity contribution in [2.24, 2.45) is 4.99 Å². The van der Waals surface area contributed by atoms with Gasteiger partial charge in [-0.25, -0.2) is 4.99 Å². The molecular weight excluding hydrogens is 420 g/mol. The fourth-order valence-electron chi connectivity index (χ4n) is 2.86. The number of para-hydroxylation sites is 1. The summed E-state index contributed by atoms with van der Waals surface area (Å²) in [5.41, 5.74) is 1.57. The molecule has 3 rings (SSSR count). The summed E-state index contributed by atoms with van der Waals surface area (Å²) in [5.74, 6) is 0.977. The first kappa shape index (κ1) is 22.2. The van der Waals surface area contributed by atoms with Crippen molar-refractivity contribution in [2.45, 2.75) is 33.3 Å². The van der Waals surface area contributed by atoms with Gasteiger partial charge in [0.1, 0.15) is 0 Å². The molecule has 5 nitrogen and oxygen atoms in total. The summed E-state index contributed by atoms with van der Waals surface area (Å²) >= 11 is 7.82. The summed E-state index contributed by atoms with van der Waals surface area (Å²) in [6.45, 7) is 6.50. The maximum atomic E-state index is 12.9. The lowest BCUT2D eigenvalue weighted by Crippen LogP contribution is -2.28. The molecule has 1 aliphatic rings. The number of hydrogen-bond donors (Lipinski definition) is 0. The SMILES string of the molecule is CCC(C)Oc1c(Cl)cc(/C=C2\SC(=Nc3ccccc3)N(CC)C2=O)cc1OC. The first-order chi connectivity index (χ1) is 14.5. The highest BCUT2D eigenvalue weighted by molar-refractivity contribution is 8.18. The van der Waals surface area contributed by atoms with Gasteiger partial charge in [0.2, 0.25) is 0 Å². The number of benzene rings is 2. The lowest BCUT2D eigenvalue weighted by atomic mass is 10.1. The Hall–Kier alpha value is -2.44. The molecule has 0 radical (unpaired) electrons. The van der Waals surface area contributed by atoms with Gasteiger partial charge in [-0.3, -0.25) is 9.69 Å². The number of nitrogens with zero attached hydrogens (tertiary/aromatic N) is 2. The highest BCUT2D eigenvalue weighted by Gasteiger charge is 2.32. The number of halogens is 1. The molecule has 0 saturated carbocycles. The molecule has 30 heavy (non-hydrogen) atoms. The Balaban J connectivity index is 1.93. The Bertz CT molecular complexity index is 976. The molecule has 0 aliphatic carbocycles. The average Bonchev–Trinajstić information content (AvgIpc) is 3.04. The van der Waals surface area contributed by atoms with E-state index in [2.05, 4.69) is 4.99 Å². The molecular formula is C23H25ClN2O3S. The largest absolute Gasteiger partial charge is 0.493 e. The predicted octanol–water partition coefficient (Wildman–Crippen LogP) is 6.15. The zero-order chi connectivity index (χ0) is 21.7. The first-order valence-corrected chi connectivity index (χ1v) is 11.1. The number of amidine groups is 1. The van der Waals surface area contributed by atoms with Crippen molar-refractivity contribution < 1.29 is 14.3 Å². The molecule has 7 heteroatoms. The topological polar surface area (TPSA) is 51.1 Å². The molecule has 1 heterocycles. The van der Waals surface area contributed by atoms with E-state index in [0.29, 0.717) is 33.1 Å². The van der Waals surface area contributed by atoms with Crippen LogP contribution in [0.5, 0.6) is 11.5 Å².